The van der Waals surface area contributed by atoms with E-state index in [0.717, 1.165) is 61.9 Å². The summed E-state index contributed by atoms with van der Waals surface area (Å²) in [6.45, 7) is 11.1. The van der Waals surface area contributed by atoms with E-state index in [1.807, 2.05) is 12.1 Å². The van der Waals surface area contributed by atoms with Crippen LogP contribution in [0.25, 0.3) is 0 Å². The zero-order chi connectivity index (χ0) is 31.8. The molecule has 0 bridgehead atoms. The number of pyridine rings is 1. The van der Waals surface area contributed by atoms with Gasteiger partial charge in [0.25, 0.3) is 0 Å². The number of Topliss-reactive ketones (excluding diaryl/α,β-unsaturated/α-hetero) is 1. The van der Waals surface area contributed by atoms with Crippen molar-refractivity contribution < 1.29 is 19.5 Å². The Labute approximate surface area is 268 Å². The second kappa shape index (κ2) is 13.1. The Morgan fingerprint density at radius 3 is 2.67 bits per heavy atom. The molecule has 4 aliphatic rings. The molecular formula is C38H51N3O4. The number of aromatic nitrogens is 3. The largest absolute Gasteiger partial charge is 0.393 e. The maximum Gasteiger partial charge on any atom is 0.233 e. The van der Waals surface area contributed by atoms with Crippen LogP contribution in [0, 0.1) is 29.1 Å². The Bertz CT molecular complexity index is 1440. The van der Waals surface area contributed by atoms with Gasteiger partial charge in [0.05, 0.1) is 17.6 Å². The maximum absolute atomic E-state index is 14.1. The van der Waals surface area contributed by atoms with Crippen LogP contribution in [0.1, 0.15) is 120 Å². The van der Waals surface area contributed by atoms with Crippen LogP contribution in [-0.2, 0) is 11.8 Å². The van der Waals surface area contributed by atoms with E-state index >= 15 is 0 Å². The SMILES string of the molecule is C=C1/C(=C\C=C2/CCC[C@]3(C)[C@@H]([C@H](C)CC[C@H](C(=O)c4ccncc4)C4(c5nc(CCC)no5)CC4)CC[C@@H]23)C[C@@H](O)C[C@@H]1O. The van der Waals surface area contributed by atoms with Gasteiger partial charge in [-0.3, -0.25) is 9.78 Å². The molecule has 0 aromatic carbocycles. The monoisotopic (exact) mass is 613 g/mol. The molecule has 0 amide bonds. The molecule has 2 aromatic heterocycles. The average molecular weight is 614 g/mol. The highest BCUT2D eigenvalue weighted by Gasteiger charge is 2.58. The summed E-state index contributed by atoms with van der Waals surface area (Å²) in [6.07, 6.45) is 18.9. The minimum absolute atomic E-state index is 0.170. The molecule has 4 saturated carbocycles. The quantitative estimate of drug-likeness (QED) is 0.253. The molecule has 0 radical (unpaired) electrons. The van der Waals surface area contributed by atoms with Crippen LogP contribution in [0.2, 0.25) is 0 Å². The number of rotatable bonds is 11. The van der Waals surface area contributed by atoms with Gasteiger partial charge in [0.15, 0.2) is 11.6 Å². The van der Waals surface area contributed by atoms with Gasteiger partial charge in [-0.05, 0) is 117 Å². The minimum Gasteiger partial charge on any atom is -0.393 e. The van der Waals surface area contributed by atoms with E-state index in [1.165, 1.54) is 31.3 Å². The predicted molar refractivity (Wildman–Crippen MR) is 174 cm³/mol. The summed E-state index contributed by atoms with van der Waals surface area (Å²) >= 11 is 0. The lowest BCUT2D eigenvalue weighted by Crippen LogP contribution is -2.36. The first-order valence-corrected chi connectivity index (χ1v) is 17.4. The van der Waals surface area contributed by atoms with Crippen molar-refractivity contribution in [3.05, 3.63) is 77.3 Å². The molecule has 7 atom stereocenters. The second-order valence-electron chi connectivity index (χ2n) is 14.8. The van der Waals surface area contributed by atoms with Crippen molar-refractivity contribution in [2.75, 3.05) is 0 Å². The predicted octanol–water partition coefficient (Wildman–Crippen LogP) is 7.51. The molecule has 4 aliphatic carbocycles. The van der Waals surface area contributed by atoms with E-state index in [2.05, 4.69) is 49.6 Å². The molecule has 242 valence electrons. The standard InChI is InChI=1S/C38H51N3O4/c1-5-7-34-40-36(45-41-34)38(18-19-38)32(35(44)27-15-20-39-21-16-27)12-9-24(2)30-13-14-31-26(8-6-17-37(30,31)4)10-11-28-22-29(42)23-33(43)25(28)3/h10-11,15-16,20-21,24,29-33,42-43H,3,5-9,12-14,17-19,22-23H2,1-2,4H3/b26-10+,28-11-/t24-,29-,30-,31+,32-,33+,37-/m1/s1. The first kappa shape index (κ1) is 32.1. The Kier molecular flexibility index (Phi) is 9.31. The topological polar surface area (TPSA) is 109 Å². The molecular weight excluding hydrogens is 562 g/mol. The molecule has 0 saturated heterocycles. The summed E-state index contributed by atoms with van der Waals surface area (Å²) in [7, 11) is 0. The third kappa shape index (κ3) is 6.27. The van der Waals surface area contributed by atoms with Gasteiger partial charge in [0.1, 0.15) is 0 Å². The van der Waals surface area contributed by atoms with Gasteiger partial charge < -0.3 is 14.7 Å². The lowest BCUT2D eigenvalue weighted by atomic mass is 9.60. The van der Waals surface area contributed by atoms with Crippen molar-refractivity contribution in [2.45, 2.75) is 122 Å². The van der Waals surface area contributed by atoms with Crippen molar-refractivity contribution in [3.8, 4) is 0 Å². The number of carbonyl (C=O) groups excluding carboxylic acids is 1. The van der Waals surface area contributed by atoms with Gasteiger partial charge in [-0.25, -0.2) is 0 Å². The summed E-state index contributed by atoms with van der Waals surface area (Å²) in [5.74, 6) is 3.00. The van der Waals surface area contributed by atoms with Crippen molar-refractivity contribution in [2.24, 2.45) is 29.1 Å². The van der Waals surface area contributed by atoms with Crippen LogP contribution >= 0.6 is 0 Å². The lowest BCUT2D eigenvalue weighted by Gasteiger charge is -2.44. The van der Waals surface area contributed by atoms with E-state index in [-0.39, 0.29) is 22.5 Å². The van der Waals surface area contributed by atoms with Gasteiger partial charge >= 0.3 is 0 Å². The Morgan fingerprint density at radius 1 is 1.16 bits per heavy atom. The number of aliphatic hydroxyl groups excluding tert-OH is 2. The molecule has 2 heterocycles. The zero-order valence-electron chi connectivity index (χ0n) is 27.4. The number of hydrogen-bond acceptors (Lipinski definition) is 7. The van der Waals surface area contributed by atoms with E-state index in [1.54, 1.807) is 12.4 Å². The fraction of sp³-hybridized carbons (Fsp3) is 0.632. The van der Waals surface area contributed by atoms with Gasteiger partial charge in [0, 0.05) is 36.7 Å². The number of carbonyl (C=O) groups is 1. The molecule has 0 unspecified atom stereocenters. The molecule has 4 fully saturated rings. The second-order valence-corrected chi connectivity index (χ2v) is 14.8. The fourth-order valence-electron chi connectivity index (χ4n) is 9.31. The summed E-state index contributed by atoms with van der Waals surface area (Å²) in [5.41, 5.74) is 3.82. The summed E-state index contributed by atoms with van der Waals surface area (Å²) in [4.78, 5) is 23.0. The number of fused-ring (bicyclic) bond motifs is 1. The number of allylic oxidation sites excluding steroid dienone is 3. The molecule has 7 nitrogen and oxygen atoms in total. The van der Waals surface area contributed by atoms with Crippen molar-refractivity contribution in [1.82, 2.24) is 15.1 Å². The van der Waals surface area contributed by atoms with Crippen molar-refractivity contribution in [1.29, 1.82) is 0 Å². The van der Waals surface area contributed by atoms with Crippen LogP contribution < -0.4 is 0 Å². The highest BCUT2D eigenvalue weighted by Crippen LogP contribution is 2.61. The van der Waals surface area contributed by atoms with Crippen LogP contribution in [0.5, 0.6) is 0 Å². The lowest BCUT2D eigenvalue weighted by molar-refractivity contribution is 0.0789. The number of aryl methyl sites for hydroxylation is 1. The van der Waals surface area contributed by atoms with E-state index in [9.17, 15) is 15.0 Å². The Hall–Kier alpha value is -2.90. The molecule has 6 rings (SSSR count). The number of aliphatic hydroxyl groups is 2. The number of ketones is 1. The third-order valence-electron chi connectivity index (χ3n) is 12.0. The maximum atomic E-state index is 14.1. The fourth-order valence-corrected chi connectivity index (χ4v) is 9.31. The molecule has 2 aromatic rings. The van der Waals surface area contributed by atoms with E-state index < -0.39 is 12.2 Å². The molecule has 45 heavy (non-hydrogen) atoms. The molecule has 7 heteroatoms. The average Bonchev–Trinajstić information content (AvgIpc) is 3.53. The van der Waals surface area contributed by atoms with Crippen LogP contribution in [-0.4, -0.2) is 43.3 Å². The van der Waals surface area contributed by atoms with E-state index in [4.69, 9.17) is 9.51 Å². The third-order valence-corrected chi connectivity index (χ3v) is 12.0. The summed E-state index contributed by atoms with van der Waals surface area (Å²) in [6, 6.07) is 3.67. The Balaban J connectivity index is 1.19. The Morgan fingerprint density at radius 2 is 1.93 bits per heavy atom. The number of nitrogens with zero attached hydrogens (tertiary/aromatic N) is 3. The number of hydrogen-bond donors (Lipinski definition) is 2. The van der Waals surface area contributed by atoms with Gasteiger partial charge in [-0.2, -0.15) is 4.98 Å². The summed E-state index contributed by atoms with van der Waals surface area (Å²) in [5, 5.41) is 24.8. The first-order chi connectivity index (χ1) is 21.7. The molecule has 2 N–H and O–H groups in total. The van der Waals surface area contributed by atoms with Gasteiger partial charge in [-0.1, -0.05) is 50.2 Å². The highest BCUT2D eigenvalue weighted by molar-refractivity contribution is 5.99. The smallest absolute Gasteiger partial charge is 0.233 e. The zero-order valence-corrected chi connectivity index (χ0v) is 27.4. The molecule has 0 spiro atoms. The normalized spacial score (nSPS) is 32.4. The van der Waals surface area contributed by atoms with Gasteiger partial charge in [-0.15, -0.1) is 0 Å². The van der Waals surface area contributed by atoms with Crippen LogP contribution in [0.4, 0.5) is 0 Å². The van der Waals surface area contributed by atoms with Crippen LogP contribution in [0.3, 0.4) is 0 Å². The first-order valence-electron chi connectivity index (χ1n) is 17.4. The van der Waals surface area contributed by atoms with E-state index in [0.29, 0.717) is 42.0 Å². The highest BCUT2D eigenvalue weighted by atomic mass is 16.5. The van der Waals surface area contributed by atoms with Crippen molar-refractivity contribution in [3.63, 3.8) is 0 Å². The van der Waals surface area contributed by atoms with Crippen molar-refractivity contribution >= 4 is 5.78 Å². The minimum atomic E-state index is -0.658. The molecule has 0 aliphatic heterocycles. The van der Waals surface area contributed by atoms with Gasteiger partial charge in [0.2, 0.25) is 5.89 Å². The van der Waals surface area contributed by atoms with Crippen LogP contribution in [0.15, 0.2) is 64.5 Å². The summed E-state index contributed by atoms with van der Waals surface area (Å²) < 4.78 is 5.83.